The first-order valence-corrected chi connectivity index (χ1v) is 7.66. The maximum Gasteiger partial charge on any atom is 0.338 e. The third-order valence-corrected chi connectivity index (χ3v) is 3.65. The van der Waals surface area contributed by atoms with E-state index in [0.717, 1.165) is 17.3 Å². The number of anilines is 1. The molecule has 0 fully saturated rings. The van der Waals surface area contributed by atoms with E-state index in [-0.39, 0.29) is 5.97 Å². The Kier molecular flexibility index (Phi) is 7.56. The van der Waals surface area contributed by atoms with Crippen LogP contribution in [0.15, 0.2) is 22.7 Å². The molecule has 0 aliphatic heterocycles. The number of benzene rings is 1. The van der Waals surface area contributed by atoms with Crippen LogP contribution in [0.4, 0.5) is 5.69 Å². The molecule has 1 aromatic rings. The van der Waals surface area contributed by atoms with Gasteiger partial charge in [0.15, 0.2) is 0 Å². The molecule has 2 N–H and O–H groups in total. The maximum absolute atomic E-state index is 11.8. The standard InChI is InChI=1S/C15H22BrNO2/c1-2-3-4-5-6-7-10-19-15(18)12-8-9-14(17)13(16)11-12/h8-9,11H,2-7,10,17H2,1H3. The molecule has 0 saturated heterocycles. The minimum Gasteiger partial charge on any atom is -0.462 e. The van der Waals surface area contributed by atoms with Crippen LogP contribution >= 0.6 is 15.9 Å². The van der Waals surface area contributed by atoms with Crippen molar-refractivity contribution < 1.29 is 9.53 Å². The summed E-state index contributed by atoms with van der Waals surface area (Å²) >= 11 is 3.30. The normalized spacial score (nSPS) is 10.4. The molecule has 106 valence electrons. The summed E-state index contributed by atoms with van der Waals surface area (Å²) in [4.78, 5) is 11.8. The molecule has 0 aromatic heterocycles. The van der Waals surface area contributed by atoms with Gasteiger partial charge in [-0.1, -0.05) is 39.0 Å². The number of carbonyl (C=O) groups excluding carboxylic acids is 1. The molecule has 0 unspecified atom stereocenters. The number of esters is 1. The van der Waals surface area contributed by atoms with Crippen molar-refractivity contribution in [2.45, 2.75) is 45.4 Å². The SMILES string of the molecule is CCCCCCCCOC(=O)c1ccc(N)c(Br)c1. The molecular formula is C15H22BrNO2. The molecule has 0 bridgehead atoms. The second kappa shape index (κ2) is 8.97. The predicted molar refractivity (Wildman–Crippen MR) is 82.2 cm³/mol. The fourth-order valence-corrected chi connectivity index (χ4v) is 2.16. The summed E-state index contributed by atoms with van der Waals surface area (Å²) in [5.74, 6) is -0.283. The molecule has 0 heterocycles. The monoisotopic (exact) mass is 327 g/mol. The van der Waals surface area contributed by atoms with Gasteiger partial charge in [-0.15, -0.1) is 0 Å². The number of unbranched alkanes of at least 4 members (excludes halogenated alkanes) is 5. The third kappa shape index (κ3) is 6.10. The van der Waals surface area contributed by atoms with Crippen molar-refractivity contribution in [2.24, 2.45) is 0 Å². The Morgan fingerprint density at radius 2 is 1.89 bits per heavy atom. The molecule has 4 heteroatoms. The second-order valence-electron chi connectivity index (χ2n) is 4.64. The molecule has 0 aliphatic carbocycles. The highest BCUT2D eigenvalue weighted by atomic mass is 79.9. The Morgan fingerprint density at radius 1 is 1.21 bits per heavy atom. The maximum atomic E-state index is 11.8. The van der Waals surface area contributed by atoms with Crippen LogP contribution in [-0.4, -0.2) is 12.6 Å². The van der Waals surface area contributed by atoms with E-state index in [1.165, 1.54) is 25.7 Å². The van der Waals surface area contributed by atoms with Gasteiger partial charge in [0.2, 0.25) is 0 Å². The number of ether oxygens (including phenoxy) is 1. The highest BCUT2D eigenvalue weighted by molar-refractivity contribution is 9.10. The van der Waals surface area contributed by atoms with Gasteiger partial charge in [-0.3, -0.25) is 0 Å². The van der Waals surface area contributed by atoms with Crippen LogP contribution in [0.1, 0.15) is 55.8 Å². The van der Waals surface area contributed by atoms with E-state index in [2.05, 4.69) is 22.9 Å². The molecule has 0 radical (unpaired) electrons. The van der Waals surface area contributed by atoms with Crippen LogP contribution in [0.2, 0.25) is 0 Å². The zero-order chi connectivity index (χ0) is 14.1. The van der Waals surface area contributed by atoms with Crippen LogP contribution in [0.5, 0.6) is 0 Å². The number of halogens is 1. The number of rotatable bonds is 8. The van der Waals surface area contributed by atoms with Crippen molar-refractivity contribution in [3.05, 3.63) is 28.2 Å². The second-order valence-corrected chi connectivity index (χ2v) is 5.49. The molecule has 1 rings (SSSR count). The number of nitrogens with two attached hydrogens (primary N) is 1. The zero-order valence-electron chi connectivity index (χ0n) is 11.5. The lowest BCUT2D eigenvalue weighted by atomic mass is 10.1. The van der Waals surface area contributed by atoms with E-state index in [4.69, 9.17) is 10.5 Å². The molecule has 0 atom stereocenters. The van der Waals surface area contributed by atoms with Crippen LogP contribution in [0.3, 0.4) is 0 Å². The van der Waals surface area contributed by atoms with E-state index >= 15 is 0 Å². The summed E-state index contributed by atoms with van der Waals surface area (Å²) in [6.45, 7) is 2.69. The van der Waals surface area contributed by atoms with Crippen LogP contribution in [-0.2, 0) is 4.74 Å². The molecule has 19 heavy (non-hydrogen) atoms. The quantitative estimate of drug-likeness (QED) is 0.433. The van der Waals surface area contributed by atoms with E-state index < -0.39 is 0 Å². The number of hydrogen-bond acceptors (Lipinski definition) is 3. The van der Waals surface area contributed by atoms with Gasteiger partial charge in [-0.05, 0) is 40.5 Å². The fraction of sp³-hybridized carbons (Fsp3) is 0.533. The first-order valence-electron chi connectivity index (χ1n) is 6.87. The number of carbonyl (C=O) groups is 1. The largest absolute Gasteiger partial charge is 0.462 e. The first kappa shape index (κ1) is 16.0. The van der Waals surface area contributed by atoms with Crippen molar-refractivity contribution in [3.8, 4) is 0 Å². The van der Waals surface area contributed by atoms with Crippen LogP contribution in [0.25, 0.3) is 0 Å². The Bertz CT molecular complexity index is 407. The molecule has 0 amide bonds. The smallest absolute Gasteiger partial charge is 0.338 e. The lowest BCUT2D eigenvalue weighted by molar-refractivity contribution is 0.0497. The molecular weight excluding hydrogens is 306 g/mol. The Morgan fingerprint density at radius 3 is 2.58 bits per heavy atom. The number of hydrogen-bond donors (Lipinski definition) is 1. The van der Waals surface area contributed by atoms with Crippen molar-refractivity contribution in [3.63, 3.8) is 0 Å². The lowest BCUT2D eigenvalue weighted by Crippen LogP contribution is -2.06. The summed E-state index contributed by atoms with van der Waals surface area (Å²) < 4.78 is 5.95. The van der Waals surface area contributed by atoms with Gasteiger partial charge in [-0.2, -0.15) is 0 Å². The van der Waals surface area contributed by atoms with Gasteiger partial charge in [0.05, 0.1) is 12.2 Å². The summed E-state index contributed by atoms with van der Waals surface area (Å²) in [5, 5.41) is 0. The molecule has 1 aromatic carbocycles. The summed E-state index contributed by atoms with van der Waals surface area (Å²) in [5.41, 5.74) is 6.82. The van der Waals surface area contributed by atoms with E-state index in [9.17, 15) is 4.79 Å². The number of nitrogen functional groups attached to an aromatic ring is 1. The minimum absolute atomic E-state index is 0.283. The van der Waals surface area contributed by atoms with Crippen molar-refractivity contribution in [2.75, 3.05) is 12.3 Å². The topological polar surface area (TPSA) is 52.3 Å². The van der Waals surface area contributed by atoms with E-state index in [0.29, 0.717) is 17.9 Å². The lowest BCUT2D eigenvalue weighted by Gasteiger charge is -2.06. The van der Waals surface area contributed by atoms with Gasteiger partial charge >= 0.3 is 5.97 Å². The minimum atomic E-state index is -0.283. The molecule has 0 saturated carbocycles. The third-order valence-electron chi connectivity index (χ3n) is 2.97. The average molecular weight is 328 g/mol. The van der Waals surface area contributed by atoms with Crippen LogP contribution in [0, 0.1) is 0 Å². The average Bonchev–Trinajstić information content (AvgIpc) is 2.40. The Balaban J connectivity index is 2.22. The highest BCUT2D eigenvalue weighted by Crippen LogP contribution is 2.20. The van der Waals surface area contributed by atoms with Crippen molar-refractivity contribution in [1.29, 1.82) is 0 Å². The summed E-state index contributed by atoms with van der Waals surface area (Å²) in [7, 11) is 0. The van der Waals surface area contributed by atoms with Gasteiger partial charge in [0.25, 0.3) is 0 Å². The van der Waals surface area contributed by atoms with Crippen molar-refractivity contribution >= 4 is 27.6 Å². The summed E-state index contributed by atoms with van der Waals surface area (Å²) in [6, 6.07) is 5.08. The van der Waals surface area contributed by atoms with E-state index in [1.807, 2.05) is 0 Å². The molecule has 0 aliphatic rings. The van der Waals surface area contributed by atoms with Gasteiger partial charge in [0, 0.05) is 10.2 Å². The van der Waals surface area contributed by atoms with Gasteiger partial charge < -0.3 is 10.5 Å². The predicted octanol–water partition coefficient (Wildman–Crippen LogP) is 4.55. The molecule has 3 nitrogen and oxygen atoms in total. The zero-order valence-corrected chi connectivity index (χ0v) is 13.0. The van der Waals surface area contributed by atoms with E-state index in [1.54, 1.807) is 18.2 Å². The molecule has 0 spiro atoms. The van der Waals surface area contributed by atoms with Gasteiger partial charge in [-0.25, -0.2) is 4.79 Å². The van der Waals surface area contributed by atoms with Crippen molar-refractivity contribution in [1.82, 2.24) is 0 Å². The highest BCUT2D eigenvalue weighted by Gasteiger charge is 2.08. The van der Waals surface area contributed by atoms with Crippen LogP contribution < -0.4 is 5.73 Å². The van der Waals surface area contributed by atoms with Gasteiger partial charge in [0.1, 0.15) is 0 Å². The first-order chi connectivity index (χ1) is 9.15. The summed E-state index contributed by atoms with van der Waals surface area (Å²) in [6.07, 6.45) is 7.10. The Hall–Kier alpha value is -1.03. The Labute approximate surface area is 123 Å². The fourth-order valence-electron chi connectivity index (χ4n) is 1.78.